The predicted molar refractivity (Wildman–Crippen MR) is 53.5 cm³/mol. The van der Waals surface area contributed by atoms with Crippen molar-refractivity contribution in [2.45, 2.75) is 27.3 Å². The molecule has 1 heterocycles. The van der Waals surface area contributed by atoms with Crippen molar-refractivity contribution in [3.05, 3.63) is 32.6 Å². The van der Waals surface area contributed by atoms with Gasteiger partial charge in [0, 0.05) is 11.8 Å². The van der Waals surface area contributed by atoms with Gasteiger partial charge in [-0.2, -0.15) is 0 Å². The fourth-order valence-electron chi connectivity index (χ4n) is 0.834. The van der Waals surface area contributed by atoms with Crippen LogP contribution in [-0.2, 0) is 11.3 Å². The van der Waals surface area contributed by atoms with Gasteiger partial charge in [0.1, 0.15) is 6.29 Å². The first-order chi connectivity index (χ1) is 6.65. The Hall–Kier alpha value is -1.65. The Morgan fingerprint density at radius 3 is 2.50 bits per heavy atom. The van der Waals surface area contributed by atoms with Gasteiger partial charge in [-0.15, -0.1) is 0 Å². The van der Waals surface area contributed by atoms with Crippen LogP contribution in [0.2, 0.25) is 0 Å². The second-order valence-corrected chi connectivity index (χ2v) is 2.39. The van der Waals surface area contributed by atoms with Crippen LogP contribution < -0.4 is 11.2 Å². The number of hydrogen-bond acceptors (Lipinski definition) is 3. The van der Waals surface area contributed by atoms with Crippen molar-refractivity contribution < 1.29 is 4.79 Å². The summed E-state index contributed by atoms with van der Waals surface area (Å²) in [6, 6.07) is 0. The molecule has 1 N–H and O–H groups in total. The van der Waals surface area contributed by atoms with Gasteiger partial charge in [0.2, 0.25) is 0 Å². The molecule has 1 rings (SSSR count). The maximum atomic E-state index is 10.9. The number of carbonyl (C=O) groups is 1. The Kier molecular flexibility index (Phi) is 5.21. The Morgan fingerprint density at radius 2 is 2.00 bits per heavy atom. The van der Waals surface area contributed by atoms with Crippen LogP contribution in [0.15, 0.2) is 15.8 Å². The number of aldehydes is 1. The van der Waals surface area contributed by atoms with Gasteiger partial charge in [0.05, 0.1) is 6.54 Å². The zero-order valence-corrected chi connectivity index (χ0v) is 8.53. The minimum Gasteiger partial charge on any atom is -0.301 e. The number of hydrogen-bond donors (Lipinski definition) is 1. The molecule has 14 heavy (non-hydrogen) atoms. The zero-order chi connectivity index (χ0) is 11.1. The number of carbonyl (C=O) groups excluding carboxylic acids is 1. The summed E-state index contributed by atoms with van der Waals surface area (Å²) in [5, 5.41) is 0. The molecule has 5 nitrogen and oxygen atoms in total. The van der Waals surface area contributed by atoms with Gasteiger partial charge < -0.3 is 4.79 Å². The Bertz CT molecular complexity index is 403. The van der Waals surface area contributed by atoms with E-state index in [4.69, 9.17) is 0 Å². The molecule has 0 radical (unpaired) electrons. The minimum atomic E-state index is -0.558. The summed E-state index contributed by atoms with van der Waals surface area (Å²) in [6.45, 7) is 5.54. The van der Waals surface area contributed by atoms with Crippen molar-refractivity contribution >= 4 is 6.29 Å². The highest BCUT2D eigenvalue weighted by Crippen LogP contribution is 1.81. The second-order valence-electron chi connectivity index (χ2n) is 2.39. The molecule has 0 atom stereocenters. The van der Waals surface area contributed by atoms with Crippen LogP contribution >= 0.6 is 0 Å². The quantitative estimate of drug-likeness (QED) is 0.683. The number of nitrogens with zero attached hydrogens (tertiary/aromatic N) is 1. The summed E-state index contributed by atoms with van der Waals surface area (Å²) in [5.41, 5.74) is -0.559. The normalized spacial score (nSPS) is 8.79. The van der Waals surface area contributed by atoms with Crippen molar-refractivity contribution in [3.63, 3.8) is 0 Å². The third-order valence-electron chi connectivity index (χ3n) is 1.46. The highest BCUT2D eigenvalue weighted by Gasteiger charge is 1.98. The van der Waals surface area contributed by atoms with Crippen LogP contribution in [0.1, 0.15) is 19.4 Å². The smallest absolute Gasteiger partial charge is 0.301 e. The molecule has 0 spiro atoms. The van der Waals surface area contributed by atoms with Crippen LogP contribution in [0.5, 0.6) is 0 Å². The molecule has 0 fully saturated rings. The van der Waals surface area contributed by atoms with E-state index in [9.17, 15) is 14.4 Å². The van der Waals surface area contributed by atoms with Crippen LogP contribution in [0.25, 0.3) is 0 Å². The number of nitrogens with one attached hydrogen (secondary N) is 1. The minimum absolute atomic E-state index is 0.0313. The molecule has 1 aromatic heterocycles. The van der Waals surface area contributed by atoms with Crippen LogP contribution in [0.4, 0.5) is 0 Å². The highest BCUT2D eigenvalue weighted by atomic mass is 16.2. The van der Waals surface area contributed by atoms with Crippen molar-refractivity contribution in [3.8, 4) is 0 Å². The monoisotopic (exact) mass is 198 g/mol. The topological polar surface area (TPSA) is 71.9 Å². The first-order valence-electron chi connectivity index (χ1n) is 4.39. The fourth-order valence-corrected chi connectivity index (χ4v) is 0.834. The van der Waals surface area contributed by atoms with Crippen molar-refractivity contribution in [1.29, 1.82) is 0 Å². The van der Waals surface area contributed by atoms with E-state index in [-0.39, 0.29) is 6.54 Å². The Balaban J connectivity index is 0.000000791. The molecule has 0 aliphatic rings. The van der Waals surface area contributed by atoms with E-state index >= 15 is 0 Å². The maximum Gasteiger partial charge on any atom is 0.328 e. The SMILES string of the molecule is CC.Cc1cn(CC=O)c(=O)[nH]c1=O. The molecule has 5 heteroatoms. The van der Waals surface area contributed by atoms with E-state index in [1.54, 1.807) is 6.92 Å². The van der Waals surface area contributed by atoms with Gasteiger partial charge in [-0.1, -0.05) is 13.8 Å². The fraction of sp³-hybridized carbons (Fsp3) is 0.444. The average molecular weight is 198 g/mol. The molecule has 0 amide bonds. The zero-order valence-electron chi connectivity index (χ0n) is 8.53. The van der Waals surface area contributed by atoms with E-state index in [1.807, 2.05) is 13.8 Å². The number of aryl methyl sites for hydroxylation is 1. The van der Waals surface area contributed by atoms with Crippen LogP contribution in [0, 0.1) is 6.92 Å². The Labute approximate surface area is 81.4 Å². The largest absolute Gasteiger partial charge is 0.328 e. The van der Waals surface area contributed by atoms with E-state index in [0.29, 0.717) is 11.8 Å². The second kappa shape index (κ2) is 5.90. The molecule has 0 aliphatic carbocycles. The molecule has 78 valence electrons. The number of aromatic nitrogens is 2. The molecule has 0 saturated carbocycles. The van der Waals surface area contributed by atoms with Gasteiger partial charge in [-0.05, 0) is 6.92 Å². The third-order valence-corrected chi connectivity index (χ3v) is 1.46. The van der Waals surface area contributed by atoms with Gasteiger partial charge in [-0.3, -0.25) is 14.3 Å². The summed E-state index contributed by atoms with van der Waals surface area (Å²) in [5.74, 6) is 0. The number of H-pyrrole nitrogens is 1. The standard InChI is InChI=1S/C7H8N2O3.C2H6/c1-5-4-9(2-3-10)7(12)8-6(5)11;1-2/h3-4H,2H2,1H3,(H,8,11,12);1-2H3. The first kappa shape index (κ1) is 12.3. The summed E-state index contributed by atoms with van der Waals surface area (Å²) in [6.07, 6.45) is 1.95. The van der Waals surface area contributed by atoms with Gasteiger partial charge >= 0.3 is 5.69 Å². The van der Waals surface area contributed by atoms with Crippen molar-refractivity contribution in [2.24, 2.45) is 0 Å². The lowest BCUT2D eigenvalue weighted by Crippen LogP contribution is -2.31. The molecule has 0 bridgehead atoms. The molecular formula is C9H14N2O3. The molecule has 1 aromatic rings. The van der Waals surface area contributed by atoms with Gasteiger partial charge in [-0.25, -0.2) is 4.79 Å². The molecule has 0 unspecified atom stereocenters. The summed E-state index contributed by atoms with van der Waals surface area (Å²) < 4.78 is 1.14. The summed E-state index contributed by atoms with van der Waals surface area (Å²) in [7, 11) is 0. The lowest BCUT2D eigenvalue weighted by Gasteiger charge is -1.98. The Morgan fingerprint density at radius 1 is 1.43 bits per heavy atom. The van der Waals surface area contributed by atoms with Gasteiger partial charge in [0.25, 0.3) is 5.56 Å². The summed E-state index contributed by atoms with van der Waals surface area (Å²) in [4.78, 5) is 33.9. The van der Waals surface area contributed by atoms with E-state index in [1.165, 1.54) is 6.20 Å². The summed E-state index contributed by atoms with van der Waals surface area (Å²) >= 11 is 0. The molecular weight excluding hydrogens is 184 g/mol. The lowest BCUT2D eigenvalue weighted by atomic mass is 10.4. The van der Waals surface area contributed by atoms with E-state index < -0.39 is 11.2 Å². The first-order valence-corrected chi connectivity index (χ1v) is 4.39. The van der Waals surface area contributed by atoms with Crippen LogP contribution in [0.3, 0.4) is 0 Å². The third kappa shape index (κ3) is 3.01. The molecule has 0 saturated heterocycles. The van der Waals surface area contributed by atoms with Crippen molar-refractivity contribution in [2.75, 3.05) is 0 Å². The molecule has 0 aromatic carbocycles. The van der Waals surface area contributed by atoms with E-state index in [0.717, 1.165) is 4.57 Å². The number of aromatic amines is 1. The van der Waals surface area contributed by atoms with E-state index in [2.05, 4.69) is 4.98 Å². The van der Waals surface area contributed by atoms with Crippen LogP contribution in [-0.4, -0.2) is 15.8 Å². The number of rotatable bonds is 2. The molecule has 0 aliphatic heterocycles. The predicted octanol–water partition coefficient (Wildman–Crippen LogP) is 0.0701. The average Bonchev–Trinajstić information content (AvgIpc) is 2.18. The maximum absolute atomic E-state index is 10.9. The van der Waals surface area contributed by atoms with Crippen molar-refractivity contribution in [1.82, 2.24) is 9.55 Å². The van der Waals surface area contributed by atoms with Gasteiger partial charge in [0.15, 0.2) is 0 Å². The highest BCUT2D eigenvalue weighted by molar-refractivity contribution is 5.48. The lowest BCUT2D eigenvalue weighted by molar-refractivity contribution is -0.108.